The largest absolute Gasteiger partial charge is 0.335 e. The van der Waals surface area contributed by atoms with Crippen molar-refractivity contribution in [3.8, 4) is 11.4 Å². The van der Waals surface area contributed by atoms with Gasteiger partial charge in [-0.2, -0.15) is 0 Å². The van der Waals surface area contributed by atoms with Crippen molar-refractivity contribution in [2.24, 2.45) is 0 Å². The minimum atomic E-state index is 0.411. The molecule has 2 N–H and O–H groups in total. The van der Waals surface area contributed by atoms with Crippen LogP contribution in [0.1, 0.15) is 13.8 Å². The van der Waals surface area contributed by atoms with Crippen LogP contribution >= 0.6 is 23.4 Å². The van der Waals surface area contributed by atoms with Gasteiger partial charge in [-0.15, -0.1) is 10.2 Å². The van der Waals surface area contributed by atoms with Gasteiger partial charge in [0.05, 0.1) is 0 Å². The van der Waals surface area contributed by atoms with Gasteiger partial charge in [-0.05, 0) is 12.1 Å². The molecule has 1 aromatic carbocycles. The van der Waals surface area contributed by atoms with Crippen LogP contribution in [0.5, 0.6) is 0 Å². The summed E-state index contributed by atoms with van der Waals surface area (Å²) in [4.78, 5) is 0. The molecule has 90 valence electrons. The van der Waals surface area contributed by atoms with E-state index < -0.39 is 0 Å². The first kappa shape index (κ1) is 12.3. The number of nitrogens with two attached hydrogens (primary N) is 1. The van der Waals surface area contributed by atoms with E-state index in [0.29, 0.717) is 21.3 Å². The van der Waals surface area contributed by atoms with Crippen molar-refractivity contribution in [2.45, 2.75) is 24.3 Å². The fourth-order valence-electron chi connectivity index (χ4n) is 1.39. The van der Waals surface area contributed by atoms with Gasteiger partial charge in [0, 0.05) is 15.8 Å². The Labute approximate surface area is 109 Å². The smallest absolute Gasteiger partial charge is 0.210 e. The van der Waals surface area contributed by atoms with Crippen LogP contribution in [0.15, 0.2) is 29.4 Å². The zero-order valence-electron chi connectivity index (χ0n) is 9.59. The molecule has 6 heteroatoms. The standard InChI is InChI=1S/C11H13ClN4S/c1-7(2)17-11-15-14-10(16(11)13)8-4-3-5-9(12)6-8/h3-7H,13H2,1-2H3. The minimum absolute atomic E-state index is 0.411. The molecule has 4 nitrogen and oxygen atoms in total. The van der Waals surface area contributed by atoms with E-state index in [1.54, 1.807) is 11.8 Å². The van der Waals surface area contributed by atoms with Crippen LogP contribution in [0.3, 0.4) is 0 Å². The number of aromatic nitrogens is 3. The highest BCUT2D eigenvalue weighted by Gasteiger charge is 2.13. The molecule has 17 heavy (non-hydrogen) atoms. The number of rotatable bonds is 3. The molecule has 0 atom stereocenters. The van der Waals surface area contributed by atoms with Crippen LogP contribution in [0.2, 0.25) is 5.02 Å². The lowest BCUT2D eigenvalue weighted by Crippen LogP contribution is -2.12. The Morgan fingerprint density at radius 1 is 1.35 bits per heavy atom. The van der Waals surface area contributed by atoms with Crippen LogP contribution in [-0.4, -0.2) is 20.1 Å². The molecule has 2 aromatic rings. The van der Waals surface area contributed by atoms with Gasteiger partial charge in [0.25, 0.3) is 0 Å². The van der Waals surface area contributed by atoms with Gasteiger partial charge in [0.2, 0.25) is 5.16 Å². The van der Waals surface area contributed by atoms with E-state index in [0.717, 1.165) is 5.56 Å². The summed E-state index contributed by atoms with van der Waals surface area (Å²) in [6, 6.07) is 7.40. The zero-order valence-corrected chi connectivity index (χ0v) is 11.2. The lowest BCUT2D eigenvalue weighted by Gasteiger charge is -2.05. The van der Waals surface area contributed by atoms with Crippen LogP contribution < -0.4 is 5.84 Å². The second-order valence-electron chi connectivity index (χ2n) is 3.85. The summed E-state index contributed by atoms with van der Waals surface area (Å²) in [6.45, 7) is 4.16. The molecule has 0 amide bonds. The van der Waals surface area contributed by atoms with Crippen molar-refractivity contribution in [3.63, 3.8) is 0 Å². The van der Waals surface area contributed by atoms with Crippen molar-refractivity contribution in [2.75, 3.05) is 5.84 Å². The topological polar surface area (TPSA) is 56.7 Å². The second-order valence-corrected chi connectivity index (χ2v) is 5.83. The fourth-order valence-corrected chi connectivity index (χ4v) is 2.29. The van der Waals surface area contributed by atoms with E-state index >= 15 is 0 Å². The van der Waals surface area contributed by atoms with Crippen molar-refractivity contribution >= 4 is 23.4 Å². The van der Waals surface area contributed by atoms with Crippen LogP contribution in [0.4, 0.5) is 0 Å². The number of hydrogen-bond donors (Lipinski definition) is 1. The predicted octanol–water partition coefficient (Wildman–Crippen LogP) is 2.81. The predicted molar refractivity (Wildman–Crippen MR) is 71.6 cm³/mol. The van der Waals surface area contributed by atoms with Gasteiger partial charge in [-0.3, -0.25) is 0 Å². The average molecular weight is 269 g/mol. The molecule has 0 aliphatic rings. The molecule has 0 spiro atoms. The van der Waals surface area contributed by atoms with Crippen molar-refractivity contribution in [3.05, 3.63) is 29.3 Å². The molecular weight excluding hydrogens is 256 g/mol. The molecule has 0 unspecified atom stereocenters. The third-order valence-corrected chi connectivity index (χ3v) is 3.28. The van der Waals surface area contributed by atoms with Gasteiger partial charge >= 0.3 is 0 Å². The lowest BCUT2D eigenvalue weighted by atomic mass is 10.2. The Morgan fingerprint density at radius 3 is 2.76 bits per heavy atom. The van der Waals surface area contributed by atoms with Crippen molar-refractivity contribution in [1.82, 2.24) is 14.9 Å². The highest BCUT2D eigenvalue weighted by Crippen LogP contribution is 2.25. The van der Waals surface area contributed by atoms with Gasteiger partial charge in [0.15, 0.2) is 5.82 Å². The molecule has 0 aliphatic heterocycles. The third-order valence-electron chi connectivity index (χ3n) is 2.09. The Kier molecular flexibility index (Phi) is 3.59. The first-order valence-corrected chi connectivity index (χ1v) is 6.47. The van der Waals surface area contributed by atoms with Crippen molar-refractivity contribution in [1.29, 1.82) is 0 Å². The molecule has 0 bridgehead atoms. The SMILES string of the molecule is CC(C)Sc1nnc(-c2cccc(Cl)c2)n1N. The maximum absolute atomic E-state index is 5.96. The lowest BCUT2D eigenvalue weighted by molar-refractivity contribution is 0.844. The molecule has 0 aliphatic carbocycles. The molecule has 0 radical (unpaired) electrons. The summed E-state index contributed by atoms with van der Waals surface area (Å²) in [5, 5.41) is 9.93. The molecule has 1 heterocycles. The molecule has 0 fully saturated rings. The van der Waals surface area contributed by atoms with Gasteiger partial charge in [-0.1, -0.05) is 49.3 Å². The summed E-state index contributed by atoms with van der Waals surface area (Å²) in [5.74, 6) is 6.58. The summed E-state index contributed by atoms with van der Waals surface area (Å²) in [5.41, 5.74) is 0.864. The van der Waals surface area contributed by atoms with Crippen LogP contribution in [0.25, 0.3) is 11.4 Å². The van der Waals surface area contributed by atoms with E-state index in [1.165, 1.54) is 4.68 Å². The summed E-state index contributed by atoms with van der Waals surface area (Å²) < 4.78 is 1.50. The number of hydrogen-bond acceptors (Lipinski definition) is 4. The highest BCUT2D eigenvalue weighted by molar-refractivity contribution is 7.99. The van der Waals surface area contributed by atoms with E-state index in [1.807, 2.05) is 24.3 Å². The number of benzene rings is 1. The van der Waals surface area contributed by atoms with Gasteiger partial charge < -0.3 is 5.84 Å². The Bertz CT molecular complexity index is 524. The van der Waals surface area contributed by atoms with E-state index in [2.05, 4.69) is 24.0 Å². The minimum Gasteiger partial charge on any atom is -0.335 e. The molecule has 0 saturated heterocycles. The normalized spacial score (nSPS) is 11.1. The average Bonchev–Trinajstić information content (AvgIpc) is 2.60. The molecule has 2 rings (SSSR count). The number of nitrogens with zero attached hydrogens (tertiary/aromatic N) is 3. The monoisotopic (exact) mass is 268 g/mol. The summed E-state index contributed by atoms with van der Waals surface area (Å²) in [6.07, 6.45) is 0. The molecular formula is C11H13ClN4S. The Balaban J connectivity index is 2.37. The molecule has 0 saturated carbocycles. The first-order valence-electron chi connectivity index (χ1n) is 5.21. The quantitative estimate of drug-likeness (QED) is 0.687. The summed E-state index contributed by atoms with van der Waals surface area (Å²) in [7, 11) is 0. The van der Waals surface area contributed by atoms with Gasteiger partial charge in [-0.25, -0.2) is 4.68 Å². The maximum Gasteiger partial charge on any atom is 0.210 e. The number of nitrogen functional groups attached to an aromatic ring is 1. The second kappa shape index (κ2) is 4.98. The van der Waals surface area contributed by atoms with E-state index in [-0.39, 0.29) is 0 Å². The fraction of sp³-hybridized carbons (Fsp3) is 0.273. The number of thioether (sulfide) groups is 1. The Hall–Kier alpha value is -1.20. The van der Waals surface area contributed by atoms with Crippen LogP contribution in [-0.2, 0) is 0 Å². The zero-order chi connectivity index (χ0) is 12.4. The van der Waals surface area contributed by atoms with E-state index in [4.69, 9.17) is 17.4 Å². The number of halogens is 1. The van der Waals surface area contributed by atoms with Crippen molar-refractivity contribution < 1.29 is 0 Å². The highest BCUT2D eigenvalue weighted by atomic mass is 35.5. The first-order chi connectivity index (χ1) is 8.08. The van der Waals surface area contributed by atoms with Gasteiger partial charge in [0.1, 0.15) is 0 Å². The van der Waals surface area contributed by atoms with E-state index in [9.17, 15) is 0 Å². The third kappa shape index (κ3) is 2.73. The Morgan fingerprint density at radius 2 is 2.12 bits per heavy atom. The molecule has 1 aromatic heterocycles. The van der Waals surface area contributed by atoms with Crippen LogP contribution in [0, 0.1) is 0 Å². The maximum atomic E-state index is 5.96. The summed E-state index contributed by atoms with van der Waals surface area (Å²) >= 11 is 7.51.